The molecule has 0 saturated heterocycles. The average molecular weight is 234 g/mol. The number of hydrogen-bond donors (Lipinski definition) is 2. The Hall–Kier alpha value is -1.72. The summed E-state index contributed by atoms with van der Waals surface area (Å²) >= 11 is 0. The van der Waals surface area contributed by atoms with Gasteiger partial charge >= 0.3 is 12.2 Å². The van der Waals surface area contributed by atoms with Crippen molar-refractivity contribution >= 4 is 11.7 Å². The lowest BCUT2D eigenvalue weighted by atomic mass is 10.2. The van der Waals surface area contributed by atoms with Crippen molar-refractivity contribution in [2.45, 2.75) is 20.0 Å². The van der Waals surface area contributed by atoms with E-state index in [1.54, 1.807) is 0 Å². The van der Waals surface area contributed by atoms with Gasteiger partial charge in [-0.05, 0) is 24.3 Å². The summed E-state index contributed by atoms with van der Waals surface area (Å²) in [6.07, 6.45) is -4.37. The number of urea groups is 1. The van der Waals surface area contributed by atoms with E-state index >= 15 is 0 Å². The Kier molecular flexibility index (Phi) is 5.35. The first-order valence-corrected chi connectivity index (χ1v) is 4.63. The van der Waals surface area contributed by atoms with Crippen molar-refractivity contribution in [1.29, 1.82) is 0 Å². The predicted octanol–water partition coefficient (Wildman–Crippen LogP) is 3.22. The first kappa shape index (κ1) is 14.3. The van der Waals surface area contributed by atoms with Crippen molar-refractivity contribution in [1.82, 2.24) is 0 Å². The SMILES string of the molecule is CC.NC(=O)Nc1ccc(C(F)(F)F)cc1. The molecule has 0 aliphatic rings. The molecule has 2 amide bonds. The minimum atomic E-state index is -4.37. The van der Waals surface area contributed by atoms with Crippen molar-refractivity contribution in [3.8, 4) is 0 Å². The second-order valence-electron chi connectivity index (χ2n) is 2.56. The van der Waals surface area contributed by atoms with Crippen LogP contribution in [0.25, 0.3) is 0 Å². The molecule has 0 radical (unpaired) electrons. The molecule has 0 atom stereocenters. The molecule has 90 valence electrons. The quantitative estimate of drug-likeness (QED) is 0.770. The second kappa shape index (κ2) is 5.99. The number of amides is 2. The molecular formula is C10H13F3N2O. The highest BCUT2D eigenvalue weighted by atomic mass is 19.4. The number of carbonyl (C=O) groups is 1. The maximum atomic E-state index is 12.1. The van der Waals surface area contributed by atoms with Gasteiger partial charge in [-0.2, -0.15) is 13.2 Å². The number of rotatable bonds is 1. The number of alkyl halides is 3. The summed E-state index contributed by atoms with van der Waals surface area (Å²) in [5.41, 5.74) is 4.23. The van der Waals surface area contributed by atoms with Crippen LogP contribution in [0.5, 0.6) is 0 Å². The summed E-state index contributed by atoms with van der Waals surface area (Å²) in [6.45, 7) is 4.00. The molecule has 0 unspecified atom stereocenters. The predicted molar refractivity (Wildman–Crippen MR) is 56.0 cm³/mol. The molecule has 3 nitrogen and oxygen atoms in total. The number of benzene rings is 1. The van der Waals surface area contributed by atoms with E-state index in [2.05, 4.69) is 5.32 Å². The molecule has 3 N–H and O–H groups in total. The summed E-state index contributed by atoms with van der Waals surface area (Å²) in [7, 11) is 0. The van der Waals surface area contributed by atoms with Crippen LogP contribution in [-0.2, 0) is 6.18 Å². The van der Waals surface area contributed by atoms with Crippen LogP contribution in [0.2, 0.25) is 0 Å². The molecule has 16 heavy (non-hydrogen) atoms. The Bertz CT molecular complexity index is 333. The van der Waals surface area contributed by atoms with Gasteiger partial charge in [-0.3, -0.25) is 0 Å². The van der Waals surface area contributed by atoms with E-state index < -0.39 is 17.8 Å². The third kappa shape index (κ3) is 4.68. The Morgan fingerprint density at radius 2 is 1.62 bits per heavy atom. The zero-order valence-electron chi connectivity index (χ0n) is 8.93. The van der Waals surface area contributed by atoms with Gasteiger partial charge in [-0.25, -0.2) is 4.79 Å². The second-order valence-corrected chi connectivity index (χ2v) is 2.56. The van der Waals surface area contributed by atoms with Crippen LogP contribution in [0.3, 0.4) is 0 Å². The van der Waals surface area contributed by atoms with Crippen LogP contribution in [0.4, 0.5) is 23.7 Å². The smallest absolute Gasteiger partial charge is 0.351 e. The van der Waals surface area contributed by atoms with Gasteiger partial charge in [-0.1, -0.05) is 13.8 Å². The molecule has 1 aromatic carbocycles. The Morgan fingerprint density at radius 3 is 1.94 bits per heavy atom. The van der Waals surface area contributed by atoms with Gasteiger partial charge in [-0.15, -0.1) is 0 Å². The maximum Gasteiger partial charge on any atom is 0.416 e. The minimum absolute atomic E-state index is 0.227. The van der Waals surface area contributed by atoms with Crippen molar-refractivity contribution in [3.05, 3.63) is 29.8 Å². The number of nitrogens with two attached hydrogens (primary N) is 1. The van der Waals surface area contributed by atoms with Crippen LogP contribution in [0.15, 0.2) is 24.3 Å². The largest absolute Gasteiger partial charge is 0.416 e. The highest BCUT2D eigenvalue weighted by Crippen LogP contribution is 2.29. The highest BCUT2D eigenvalue weighted by molar-refractivity contribution is 5.87. The van der Waals surface area contributed by atoms with E-state index in [1.165, 1.54) is 0 Å². The van der Waals surface area contributed by atoms with Gasteiger partial charge in [0.25, 0.3) is 0 Å². The normalized spacial score (nSPS) is 10.1. The Morgan fingerprint density at radius 1 is 1.19 bits per heavy atom. The lowest BCUT2D eigenvalue weighted by molar-refractivity contribution is -0.137. The molecule has 0 spiro atoms. The Balaban J connectivity index is 0.00000106. The molecule has 1 aromatic rings. The highest BCUT2D eigenvalue weighted by Gasteiger charge is 2.29. The lowest BCUT2D eigenvalue weighted by Crippen LogP contribution is -2.19. The summed E-state index contributed by atoms with van der Waals surface area (Å²) in [5.74, 6) is 0. The molecule has 0 aliphatic carbocycles. The van der Waals surface area contributed by atoms with Crippen LogP contribution in [-0.4, -0.2) is 6.03 Å². The van der Waals surface area contributed by atoms with Crippen molar-refractivity contribution in [2.24, 2.45) is 5.73 Å². The molecule has 0 heterocycles. The van der Waals surface area contributed by atoms with Crippen LogP contribution in [0, 0.1) is 0 Å². The molecule has 0 aromatic heterocycles. The van der Waals surface area contributed by atoms with Gasteiger partial charge in [0.15, 0.2) is 0 Å². The zero-order valence-corrected chi connectivity index (χ0v) is 8.93. The van der Waals surface area contributed by atoms with Gasteiger partial charge in [0.2, 0.25) is 0 Å². The summed E-state index contributed by atoms with van der Waals surface area (Å²) in [4.78, 5) is 10.3. The zero-order chi connectivity index (χ0) is 12.8. The first-order chi connectivity index (χ1) is 7.39. The van der Waals surface area contributed by atoms with Crippen molar-refractivity contribution in [2.75, 3.05) is 5.32 Å². The molecule has 0 saturated carbocycles. The number of primary amides is 1. The first-order valence-electron chi connectivity index (χ1n) is 4.63. The molecule has 0 fully saturated rings. The van der Waals surface area contributed by atoms with Gasteiger partial charge < -0.3 is 11.1 Å². The van der Waals surface area contributed by atoms with Crippen LogP contribution in [0.1, 0.15) is 19.4 Å². The van der Waals surface area contributed by atoms with Crippen LogP contribution < -0.4 is 11.1 Å². The van der Waals surface area contributed by atoms with E-state index in [9.17, 15) is 18.0 Å². The third-order valence-electron chi connectivity index (χ3n) is 1.48. The summed E-state index contributed by atoms with van der Waals surface area (Å²) in [5, 5.41) is 2.15. The topological polar surface area (TPSA) is 55.1 Å². The fraction of sp³-hybridized carbons (Fsp3) is 0.300. The number of nitrogens with one attached hydrogen (secondary N) is 1. The van der Waals surface area contributed by atoms with E-state index in [0.29, 0.717) is 0 Å². The molecule has 1 rings (SSSR count). The van der Waals surface area contributed by atoms with E-state index in [-0.39, 0.29) is 5.69 Å². The number of halogens is 3. The molecular weight excluding hydrogens is 221 g/mol. The number of carbonyl (C=O) groups excluding carboxylic acids is 1. The number of hydrogen-bond acceptors (Lipinski definition) is 1. The fourth-order valence-electron chi connectivity index (χ4n) is 0.885. The van der Waals surface area contributed by atoms with Gasteiger partial charge in [0.05, 0.1) is 5.56 Å². The summed E-state index contributed by atoms with van der Waals surface area (Å²) < 4.78 is 36.2. The van der Waals surface area contributed by atoms with Crippen LogP contribution >= 0.6 is 0 Å². The fourth-order valence-corrected chi connectivity index (χ4v) is 0.885. The average Bonchev–Trinajstić information content (AvgIpc) is 2.19. The summed E-state index contributed by atoms with van der Waals surface area (Å²) in [6, 6.07) is 3.18. The molecule has 0 aliphatic heterocycles. The minimum Gasteiger partial charge on any atom is -0.351 e. The van der Waals surface area contributed by atoms with E-state index in [1.807, 2.05) is 13.8 Å². The van der Waals surface area contributed by atoms with E-state index in [0.717, 1.165) is 24.3 Å². The van der Waals surface area contributed by atoms with Crippen molar-refractivity contribution < 1.29 is 18.0 Å². The Labute approximate surface area is 91.4 Å². The monoisotopic (exact) mass is 234 g/mol. The van der Waals surface area contributed by atoms with Crippen molar-refractivity contribution in [3.63, 3.8) is 0 Å². The lowest BCUT2D eigenvalue weighted by Gasteiger charge is -2.07. The van der Waals surface area contributed by atoms with E-state index in [4.69, 9.17) is 5.73 Å². The molecule has 6 heteroatoms. The standard InChI is InChI=1S/C8H7F3N2O.C2H6/c9-8(10,11)5-1-3-6(4-2-5)13-7(12)14;1-2/h1-4H,(H3,12,13,14);1-2H3. The third-order valence-corrected chi connectivity index (χ3v) is 1.48. The number of anilines is 1. The van der Waals surface area contributed by atoms with Gasteiger partial charge in [0.1, 0.15) is 0 Å². The molecule has 0 bridgehead atoms. The maximum absolute atomic E-state index is 12.1. The van der Waals surface area contributed by atoms with Gasteiger partial charge in [0, 0.05) is 5.69 Å².